The van der Waals surface area contributed by atoms with Gasteiger partial charge in [0.05, 0.1) is 24.8 Å². The highest BCUT2D eigenvalue weighted by Crippen LogP contribution is 2.32. The van der Waals surface area contributed by atoms with E-state index in [1.165, 1.54) is 0 Å². The molecule has 4 nitrogen and oxygen atoms in total. The lowest BCUT2D eigenvalue weighted by atomic mass is 10.0. The summed E-state index contributed by atoms with van der Waals surface area (Å²) in [6.45, 7) is 4.68. The van der Waals surface area contributed by atoms with Gasteiger partial charge in [-0.3, -0.25) is 4.79 Å². The van der Waals surface area contributed by atoms with E-state index in [1.54, 1.807) is 0 Å². The van der Waals surface area contributed by atoms with Crippen LogP contribution in [0.15, 0.2) is 66.7 Å². The number of halogens is 1. The largest absolute Gasteiger partial charge is 0.478 e. The van der Waals surface area contributed by atoms with Gasteiger partial charge in [-0.15, -0.1) is 0 Å². The third-order valence-corrected chi connectivity index (χ3v) is 5.36. The molecule has 0 aliphatic heterocycles. The van der Waals surface area contributed by atoms with Crippen molar-refractivity contribution in [3.63, 3.8) is 0 Å². The zero-order valence-corrected chi connectivity index (χ0v) is 18.8. The molecule has 0 aliphatic carbocycles. The first-order chi connectivity index (χ1) is 15.1. The fourth-order valence-corrected chi connectivity index (χ4v) is 3.55. The van der Waals surface area contributed by atoms with Crippen LogP contribution < -0.4 is 4.74 Å². The fraction of sp³-hybridized carbons (Fsp3) is 0.308. The van der Waals surface area contributed by atoms with Crippen molar-refractivity contribution < 1.29 is 14.3 Å². The Morgan fingerprint density at radius 1 is 1.00 bits per heavy atom. The molecule has 0 amide bonds. The second-order valence-electron chi connectivity index (χ2n) is 7.42. The van der Waals surface area contributed by atoms with E-state index in [1.807, 2.05) is 68.4 Å². The van der Waals surface area contributed by atoms with Crippen LogP contribution >= 0.6 is 11.6 Å². The molecule has 1 atom stereocenters. The van der Waals surface area contributed by atoms with Crippen LogP contribution in [0.1, 0.15) is 33.1 Å². The molecule has 5 heteroatoms. The number of unbranched alkanes of at least 4 members (excludes halogenated alkanes) is 1. The summed E-state index contributed by atoms with van der Waals surface area (Å²) in [4.78, 5) is 16.4. The lowest BCUT2D eigenvalue weighted by molar-refractivity contribution is -0.147. The van der Waals surface area contributed by atoms with Crippen molar-refractivity contribution in [3.05, 3.63) is 71.8 Å². The van der Waals surface area contributed by atoms with Gasteiger partial charge in [0.15, 0.2) is 0 Å². The first-order valence-corrected chi connectivity index (χ1v) is 11.1. The predicted octanol–water partition coefficient (Wildman–Crippen LogP) is 6.82. The normalized spacial score (nSPS) is 11.7. The minimum Gasteiger partial charge on any atom is -0.478 e. The van der Waals surface area contributed by atoms with Crippen LogP contribution in [0.3, 0.4) is 0 Å². The minimum absolute atomic E-state index is 0.0914. The third kappa shape index (κ3) is 6.56. The van der Waals surface area contributed by atoms with Crippen molar-refractivity contribution in [2.75, 3.05) is 13.2 Å². The number of pyridine rings is 1. The molecule has 0 fully saturated rings. The van der Waals surface area contributed by atoms with Gasteiger partial charge in [0, 0.05) is 16.7 Å². The number of carbonyl (C=O) groups is 1. The lowest BCUT2D eigenvalue weighted by Gasteiger charge is -2.12. The number of benzene rings is 2. The fourth-order valence-electron chi connectivity index (χ4n) is 3.32. The van der Waals surface area contributed by atoms with E-state index >= 15 is 0 Å². The molecular weight excluding hydrogens is 410 g/mol. The summed E-state index contributed by atoms with van der Waals surface area (Å²) < 4.78 is 11.0. The monoisotopic (exact) mass is 437 g/mol. The van der Waals surface area contributed by atoms with Gasteiger partial charge in [-0.2, -0.15) is 0 Å². The maximum Gasteiger partial charge on any atom is 0.308 e. The Bertz CT molecular complexity index is 991. The van der Waals surface area contributed by atoms with Crippen LogP contribution in [0.5, 0.6) is 5.88 Å². The highest BCUT2D eigenvalue weighted by molar-refractivity contribution is 6.33. The Hall–Kier alpha value is -2.85. The number of hydrogen-bond donors (Lipinski definition) is 0. The van der Waals surface area contributed by atoms with Crippen LogP contribution in [0, 0.1) is 5.92 Å². The van der Waals surface area contributed by atoms with Crippen molar-refractivity contribution >= 4 is 17.6 Å². The third-order valence-electron chi connectivity index (χ3n) is 5.03. The number of esters is 1. The molecule has 162 valence electrons. The van der Waals surface area contributed by atoms with Crippen molar-refractivity contribution in [1.29, 1.82) is 0 Å². The van der Waals surface area contributed by atoms with E-state index in [9.17, 15) is 4.79 Å². The molecule has 2 aromatic carbocycles. The quantitative estimate of drug-likeness (QED) is 0.258. The van der Waals surface area contributed by atoms with Crippen molar-refractivity contribution in [2.24, 2.45) is 5.92 Å². The first-order valence-electron chi connectivity index (χ1n) is 10.7. The second-order valence-corrected chi connectivity index (χ2v) is 7.83. The highest BCUT2D eigenvalue weighted by Gasteiger charge is 2.13. The Morgan fingerprint density at radius 3 is 2.48 bits per heavy atom. The molecule has 1 heterocycles. The SMILES string of the molecule is CCOC(=O)C(C)CCCCOc1cc(-c2ccccc2)cc(-c2ccccc2Cl)n1. The van der Waals surface area contributed by atoms with Gasteiger partial charge < -0.3 is 9.47 Å². The first kappa shape index (κ1) is 22.8. The molecule has 0 saturated carbocycles. The van der Waals surface area contributed by atoms with Gasteiger partial charge in [0.1, 0.15) is 0 Å². The van der Waals surface area contributed by atoms with Gasteiger partial charge in [-0.1, -0.05) is 67.1 Å². The summed E-state index contributed by atoms with van der Waals surface area (Å²) in [5, 5.41) is 0.652. The number of hydrogen-bond acceptors (Lipinski definition) is 4. The molecule has 0 radical (unpaired) electrons. The number of rotatable bonds is 10. The van der Waals surface area contributed by atoms with E-state index in [4.69, 9.17) is 26.1 Å². The predicted molar refractivity (Wildman–Crippen MR) is 125 cm³/mol. The van der Waals surface area contributed by atoms with Crippen LogP contribution in [0.4, 0.5) is 0 Å². The molecule has 3 rings (SSSR count). The number of aromatic nitrogens is 1. The smallest absolute Gasteiger partial charge is 0.308 e. The zero-order chi connectivity index (χ0) is 22.1. The molecule has 0 spiro atoms. The Kier molecular flexibility index (Phi) is 8.48. The summed E-state index contributed by atoms with van der Waals surface area (Å²) in [5.74, 6) is 0.339. The molecule has 0 bridgehead atoms. The summed E-state index contributed by atoms with van der Waals surface area (Å²) >= 11 is 6.41. The average Bonchev–Trinajstić information content (AvgIpc) is 2.79. The summed E-state index contributed by atoms with van der Waals surface area (Å²) in [6, 6.07) is 21.8. The van der Waals surface area contributed by atoms with E-state index < -0.39 is 0 Å². The van der Waals surface area contributed by atoms with Crippen molar-refractivity contribution in [1.82, 2.24) is 4.98 Å². The van der Waals surface area contributed by atoms with Crippen LogP contribution in [-0.2, 0) is 9.53 Å². The standard InChI is InChI=1S/C26H28ClNO3/c1-3-30-26(29)19(2)11-9-10-16-31-25-18-21(20-12-5-4-6-13-20)17-24(28-25)22-14-7-8-15-23(22)27/h4-8,12-15,17-19H,3,9-11,16H2,1-2H3. The summed E-state index contributed by atoms with van der Waals surface area (Å²) in [6.07, 6.45) is 2.50. The Morgan fingerprint density at radius 2 is 1.74 bits per heavy atom. The van der Waals surface area contributed by atoms with Crippen molar-refractivity contribution in [2.45, 2.75) is 33.1 Å². The van der Waals surface area contributed by atoms with Gasteiger partial charge in [0.25, 0.3) is 0 Å². The van der Waals surface area contributed by atoms with Gasteiger partial charge >= 0.3 is 5.97 Å². The Labute approximate surface area is 189 Å². The van der Waals surface area contributed by atoms with E-state index in [2.05, 4.69) is 12.1 Å². The van der Waals surface area contributed by atoms with Crippen LogP contribution in [-0.4, -0.2) is 24.2 Å². The maximum absolute atomic E-state index is 11.7. The molecule has 0 N–H and O–H groups in total. The molecule has 1 aromatic heterocycles. The van der Waals surface area contributed by atoms with E-state index in [0.717, 1.165) is 41.6 Å². The second kappa shape index (κ2) is 11.5. The van der Waals surface area contributed by atoms with E-state index in [-0.39, 0.29) is 11.9 Å². The van der Waals surface area contributed by atoms with Gasteiger partial charge in [-0.25, -0.2) is 4.98 Å². The Balaban J connectivity index is 1.70. The number of nitrogens with zero attached hydrogens (tertiary/aromatic N) is 1. The van der Waals surface area contributed by atoms with Crippen LogP contribution in [0.2, 0.25) is 5.02 Å². The maximum atomic E-state index is 11.7. The molecular formula is C26H28ClNO3. The number of carbonyl (C=O) groups excluding carboxylic acids is 1. The topological polar surface area (TPSA) is 48.4 Å². The molecule has 0 saturated heterocycles. The highest BCUT2D eigenvalue weighted by atomic mass is 35.5. The summed E-state index contributed by atoms with van der Waals surface area (Å²) in [5.41, 5.74) is 3.76. The lowest BCUT2D eigenvalue weighted by Crippen LogP contribution is -2.14. The minimum atomic E-state index is -0.134. The molecule has 0 aliphatic rings. The van der Waals surface area contributed by atoms with Gasteiger partial charge in [0.2, 0.25) is 5.88 Å². The van der Waals surface area contributed by atoms with E-state index in [0.29, 0.717) is 24.1 Å². The van der Waals surface area contributed by atoms with Gasteiger partial charge in [-0.05, 0) is 49.4 Å². The number of ether oxygens (including phenoxy) is 2. The molecule has 3 aromatic rings. The zero-order valence-electron chi connectivity index (χ0n) is 18.0. The molecule has 31 heavy (non-hydrogen) atoms. The van der Waals surface area contributed by atoms with Crippen LogP contribution in [0.25, 0.3) is 22.4 Å². The average molecular weight is 438 g/mol. The van der Waals surface area contributed by atoms with Crippen molar-refractivity contribution in [3.8, 4) is 28.3 Å². The molecule has 1 unspecified atom stereocenters. The summed E-state index contributed by atoms with van der Waals surface area (Å²) in [7, 11) is 0.